The van der Waals surface area contributed by atoms with Crippen molar-refractivity contribution in [2.24, 2.45) is 5.73 Å². The summed E-state index contributed by atoms with van der Waals surface area (Å²) in [6.07, 6.45) is 1.72. The van der Waals surface area contributed by atoms with E-state index in [2.05, 4.69) is 0 Å². The molecule has 0 spiro atoms. The standard InChI is InChI=1S/C18H23N3O4/c1-17(11-19)16(23)21-13(10-12-6-3-2-4-7-12)15(22)20-9-5-8-14(20)18(21,24)25-17/h2-4,6-7,13-14,24H,5,8-11,19H2,1H3. The van der Waals surface area contributed by atoms with Gasteiger partial charge in [0.2, 0.25) is 5.91 Å². The fourth-order valence-electron chi connectivity index (χ4n) is 4.29. The van der Waals surface area contributed by atoms with Crippen molar-refractivity contribution in [3.63, 3.8) is 0 Å². The molecule has 25 heavy (non-hydrogen) atoms. The molecule has 3 fully saturated rings. The summed E-state index contributed by atoms with van der Waals surface area (Å²) in [5.74, 6) is -2.36. The van der Waals surface area contributed by atoms with Gasteiger partial charge >= 0.3 is 0 Å². The molecular formula is C18H23N3O4. The van der Waals surface area contributed by atoms with Gasteiger partial charge in [0.25, 0.3) is 11.8 Å². The molecule has 1 aromatic carbocycles. The van der Waals surface area contributed by atoms with Crippen molar-refractivity contribution in [2.75, 3.05) is 13.1 Å². The largest absolute Gasteiger partial charge is 0.347 e. The van der Waals surface area contributed by atoms with E-state index in [1.807, 2.05) is 30.3 Å². The second-order valence-corrected chi connectivity index (χ2v) is 7.27. The maximum Gasteiger partial charge on any atom is 0.274 e. The molecular weight excluding hydrogens is 322 g/mol. The van der Waals surface area contributed by atoms with Crippen molar-refractivity contribution in [3.05, 3.63) is 35.9 Å². The van der Waals surface area contributed by atoms with E-state index in [-0.39, 0.29) is 12.5 Å². The molecule has 0 aliphatic carbocycles. The van der Waals surface area contributed by atoms with Gasteiger partial charge in [0.05, 0.1) is 0 Å². The fraction of sp³-hybridized carbons (Fsp3) is 0.556. The number of fused-ring (bicyclic) bond motifs is 3. The molecule has 4 unspecified atom stereocenters. The highest BCUT2D eigenvalue weighted by Crippen LogP contribution is 2.45. The third-order valence-electron chi connectivity index (χ3n) is 5.62. The van der Waals surface area contributed by atoms with Gasteiger partial charge in [-0.3, -0.25) is 14.5 Å². The molecule has 3 aliphatic heterocycles. The van der Waals surface area contributed by atoms with Gasteiger partial charge in [-0.1, -0.05) is 30.3 Å². The number of hydrogen-bond donors (Lipinski definition) is 2. The number of benzene rings is 1. The quantitative estimate of drug-likeness (QED) is 0.793. The number of amides is 2. The van der Waals surface area contributed by atoms with Crippen LogP contribution in [0.4, 0.5) is 0 Å². The summed E-state index contributed by atoms with van der Waals surface area (Å²) in [5, 5.41) is 11.3. The van der Waals surface area contributed by atoms with Crippen LogP contribution in [0.15, 0.2) is 30.3 Å². The Morgan fingerprint density at radius 1 is 1.32 bits per heavy atom. The highest BCUT2D eigenvalue weighted by Gasteiger charge is 2.68. The molecule has 7 heteroatoms. The van der Waals surface area contributed by atoms with Crippen LogP contribution in [0.3, 0.4) is 0 Å². The van der Waals surface area contributed by atoms with Gasteiger partial charge in [-0.15, -0.1) is 0 Å². The van der Waals surface area contributed by atoms with Gasteiger partial charge in [0, 0.05) is 19.5 Å². The number of aliphatic hydroxyl groups is 1. The lowest BCUT2D eigenvalue weighted by Gasteiger charge is -2.49. The zero-order valence-corrected chi connectivity index (χ0v) is 14.2. The Balaban J connectivity index is 1.77. The Labute approximate surface area is 146 Å². The zero-order chi connectivity index (χ0) is 17.8. The van der Waals surface area contributed by atoms with Crippen LogP contribution in [0.5, 0.6) is 0 Å². The van der Waals surface area contributed by atoms with E-state index in [4.69, 9.17) is 10.5 Å². The zero-order valence-electron chi connectivity index (χ0n) is 14.2. The lowest BCUT2D eigenvalue weighted by molar-refractivity contribution is -0.311. The first-order chi connectivity index (χ1) is 11.9. The maximum atomic E-state index is 13.1. The topological polar surface area (TPSA) is 96.1 Å². The van der Waals surface area contributed by atoms with Crippen molar-refractivity contribution >= 4 is 11.8 Å². The number of piperazine rings is 1. The van der Waals surface area contributed by atoms with Crippen LogP contribution in [-0.4, -0.2) is 63.4 Å². The minimum atomic E-state index is -1.81. The number of rotatable bonds is 3. The summed E-state index contributed by atoms with van der Waals surface area (Å²) < 4.78 is 5.85. The summed E-state index contributed by atoms with van der Waals surface area (Å²) in [6, 6.07) is 8.17. The van der Waals surface area contributed by atoms with Crippen LogP contribution in [0.1, 0.15) is 25.3 Å². The second-order valence-electron chi connectivity index (χ2n) is 7.27. The molecule has 4 rings (SSSR count). The number of ether oxygens (including phenoxy) is 1. The predicted octanol–water partition coefficient (Wildman–Crippen LogP) is -0.175. The number of carbonyl (C=O) groups excluding carboxylic acids is 2. The second kappa shape index (κ2) is 5.52. The Morgan fingerprint density at radius 3 is 2.72 bits per heavy atom. The Hall–Kier alpha value is -1.96. The van der Waals surface area contributed by atoms with E-state index in [1.54, 1.807) is 11.8 Å². The molecule has 0 radical (unpaired) electrons. The molecule has 0 bridgehead atoms. The summed E-state index contributed by atoms with van der Waals surface area (Å²) in [5.41, 5.74) is 5.37. The summed E-state index contributed by atoms with van der Waals surface area (Å²) in [6.45, 7) is 2.10. The van der Waals surface area contributed by atoms with Crippen LogP contribution in [0, 0.1) is 0 Å². The first-order valence-corrected chi connectivity index (χ1v) is 8.71. The van der Waals surface area contributed by atoms with Crippen molar-refractivity contribution in [3.8, 4) is 0 Å². The van der Waals surface area contributed by atoms with E-state index in [0.717, 1.165) is 12.0 Å². The van der Waals surface area contributed by atoms with Gasteiger partial charge in [-0.25, -0.2) is 0 Å². The molecule has 3 heterocycles. The Bertz CT molecular complexity index is 712. The van der Waals surface area contributed by atoms with Crippen LogP contribution in [0.2, 0.25) is 0 Å². The van der Waals surface area contributed by atoms with E-state index in [9.17, 15) is 14.7 Å². The average molecular weight is 345 g/mol. The summed E-state index contributed by atoms with van der Waals surface area (Å²) >= 11 is 0. The SMILES string of the molecule is CC1(CN)OC2(O)C3CCCN3C(=O)C(Cc3ccccc3)N2C1=O. The third-order valence-corrected chi connectivity index (χ3v) is 5.62. The predicted molar refractivity (Wildman–Crippen MR) is 89.0 cm³/mol. The Morgan fingerprint density at radius 2 is 2.04 bits per heavy atom. The molecule has 4 atom stereocenters. The molecule has 7 nitrogen and oxygen atoms in total. The summed E-state index contributed by atoms with van der Waals surface area (Å²) in [7, 11) is 0. The lowest BCUT2D eigenvalue weighted by atomic mass is 9.96. The molecule has 1 aromatic rings. The first kappa shape index (κ1) is 16.5. The highest BCUT2D eigenvalue weighted by molar-refractivity contribution is 5.95. The molecule has 3 N–H and O–H groups in total. The van der Waals surface area contributed by atoms with Crippen LogP contribution in [0.25, 0.3) is 0 Å². The highest BCUT2D eigenvalue weighted by atomic mass is 16.7. The molecule has 3 aliphatic rings. The van der Waals surface area contributed by atoms with Crippen molar-refractivity contribution in [2.45, 2.75) is 49.8 Å². The average Bonchev–Trinajstić information content (AvgIpc) is 3.17. The number of nitrogens with two attached hydrogens (primary N) is 1. The van der Waals surface area contributed by atoms with Crippen molar-refractivity contribution in [1.29, 1.82) is 0 Å². The minimum absolute atomic E-state index is 0.0520. The molecule has 0 saturated carbocycles. The van der Waals surface area contributed by atoms with Gasteiger partial charge in [0.15, 0.2) is 5.60 Å². The van der Waals surface area contributed by atoms with Crippen LogP contribution in [-0.2, 0) is 20.7 Å². The first-order valence-electron chi connectivity index (χ1n) is 8.71. The van der Waals surface area contributed by atoms with Crippen LogP contribution >= 0.6 is 0 Å². The smallest absolute Gasteiger partial charge is 0.274 e. The van der Waals surface area contributed by atoms with E-state index >= 15 is 0 Å². The lowest BCUT2D eigenvalue weighted by Crippen LogP contribution is -2.71. The van der Waals surface area contributed by atoms with Gasteiger partial charge < -0.3 is 20.5 Å². The number of nitrogens with zero attached hydrogens (tertiary/aromatic N) is 2. The van der Waals surface area contributed by atoms with E-state index in [0.29, 0.717) is 19.4 Å². The van der Waals surface area contributed by atoms with Gasteiger partial charge in [-0.2, -0.15) is 0 Å². The Kier molecular flexibility index (Phi) is 3.64. The van der Waals surface area contributed by atoms with Crippen LogP contribution < -0.4 is 5.73 Å². The van der Waals surface area contributed by atoms with E-state index < -0.39 is 29.5 Å². The van der Waals surface area contributed by atoms with Gasteiger partial charge in [-0.05, 0) is 25.3 Å². The maximum absolute atomic E-state index is 13.1. The molecule has 2 amide bonds. The van der Waals surface area contributed by atoms with Crippen molar-refractivity contribution < 1.29 is 19.4 Å². The van der Waals surface area contributed by atoms with E-state index in [1.165, 1.54) is 4.90 Å². The molecule has 134 valence electrons. The normalized spacial score (nSPS) is 37.4. The summed E-state index contributed by atoms with van der Waals surface area (Å²) in [4.78, 5) is 29.0. The third kappa shape index (κ3) is 2.23. The van der Waals surface area contributed by atoms with Crippen molar-refractivity contribution in [1.82, 2.24) is 9.80 Å². The monoisotopic (exact) mass is 345 g/mol. The molecule has 3 saturated heterocycles. The number of carbonyl (C=O) groups is 2. The number of hydrogen-bond acceptors (Lipinski definition) is 5. The van der Waals surface area contributed by atoms with Gasteiger partial charge in [0.1, 0.15) is 12.1 Å². The fourth-order valence-corrected chi connectivity index (χ4v) is 4.29. The molecule has 0 aromatic heterocycles. The minimum Gasteiger partial charge on any atom is -0.347 e.